The molecule has 0 saturated carbocycles. The van der Waals surface area contributed by atoms with Gasteiger partial charge in [0.05, 0.1) is 5.56 Å². The van der Waals surface area contributed by atoms with E-state index >= 15 is 0 Å². The molecule has 0 amide bonds. The lowest BCUT2D eigenvalue weighted by Gasteiger charge is -2.05. The summed E-state index contributed by atoms with van der Waals surface area (Å²) in [7, 11) is 0. The molecule has 0 spiro atoms. The highest BCUT2D eigenvalue weighted by Gasteiger charge is 2.03. The second kappa shape index (κ2) is 6.35. The van der Waals surface area contributed by atoms with E-state index < -0.39 is 5.97 Å². The Morgan fingerprint density at radius 2 is 1.50 bits per heavy atom. The van der Waals surface area contributed by atoms with Crippen LogP contribution in [-0.2, 0) is 13.1 Å². The third-order valence-electron chi connectivity index (χ3n) is 3.24. The molecule has 2 aromatic rings. The van der Waals surface area contributed by atoms with Crippen molar-refractivity contribution >= 4 is 5.97 Å². The summed E-state index contributed by atoms with van der Waals surface area (Å²) in [6, 6.07) is 13.6. The van der Waals surface area contributed by atoms with Crippen molar-refractivity contribution in [3.05, 3.63) is 70.3 Å². The highest BCUT2D eigenvalue weighted by Crippen LogP contribution is 2.07. The smallest absolute Gasteiger partial charge is 0.335 e. The molecule has 104 valence electrons. The van der Waals surface area contributed by atoms with Gasteiger partial charge in [-0.25, -0.2) is 4.79 Å². The van der Waals surface area contributed by atoms with Gasteiger partial charge in [-0.05, 0) is 26.0 Å². The molecule has 0 bridgehead atoms. The molecule has 20 heavy (non-hydrogen) atoms. The van der Waals surface area contributed by atoms with Gasteiger partial charge in [0.2, 0.25) is 0 Å². The van der Waals surface area contributed by atoms with Crippen LogP contribution in [-0.4, -0.2) is 11.1 Å². The van der Waals surface area contributed by atoms with Crippen molar-refractivity contribution in [2.75, 3.05) is 0 Å². The number of rotatable bonds is 5. The Kier molecular flexibility index (Phi) is 4.53. The summed E-state index contributed by atoms with van der Waals surface area (Å²) in [6.45, 7) is 6.01. The zero-order valence-electron chi connectivity index (χ0n) is 11.9. The molecular weight excluding hydrogens is 250 g/mol. The molecule has 0 aliphatic rings. The molecule has 0 atom stereocenters. The fourth-order valence-corrected chi connectivity index (χ4v) is 2.38. The maximum Gasteiger partial charge on any atom is 0.335 e. The molecule has 0 aliphatic carbocycles. The summed E-state index contributed by atoms with van der Waals surface area (Å²) in [6.07, 6.45) is 0. The van der Waals surface area contributed by atoms with E-state index in [1.165, 1.54) is 16.7 Å². The standard InChI is InChI=1S/C17H19NO2/c1-12-7-13(2)9-15(8-12)11-18-10-14-3-5-16(6-4-14)17(19)20/h3-9,18H,10-11H2,1-2H3,(H,19,20)/p+1. The topological polar surface area (TPSA) is 53.9 Å². The highest BCUT2D eigenvalue weighted by atomic mass is 16.4. The number of carbonyl (C=O) groups is 1. The highest BCUT2D eigenvalue weighted by molar-refractivity contribution is 5.87. The van der Waals surface area contributed by atoms with Gasteiger partial charge in [0.25, 0.3) is 0 Å². The number of carboxylic acid groups (broad SMARTS) is 1. The molecule has 0 radical (unpaired) electrons. The van der Waals surface area contributed by atoms with E-state index in [-0.39, 0.29) is 0 Å². The van der Waals surface area contributed by atoms with Gasteiger partial charge in [-0.15, -0.1) is 0 Å². The summed E-state index contributed by atoms with van der Waals surface area (Å²) in [5, 5.41) is 11.1. The SMILES string of the molecule is Cc1cc(C)cc(C[NH2+]Cc2ccc(C(=O)O)cc2)c1. The van der Waals surface area contributed by atoms with Crippen molar-refractivity contribution in [2.45, 2.75) is 26.9 Å². The fraction of sp³-hybridized carbons (Fsp3) is 0.235. The van der Waals surface area contributed by atoms with Gasteiger partial charge >= 0.3 is 5.97 Å². The zero-order chi connectivity index (χ0) is 14.5. The maximum absolute atomic E-state index is 10.8. The van der Waals surface area contributed by atoms with Gasteiger partial charge in [-0.2, -0.15) is 0 Å². The molecule has 3 nitrogen and oxygen atoms in total. The molecule has 0 saturated heterocycles. The summed E-state index contributed by atoms with van der Waals surface area (Å²) >= 11 is 0. The summed E-state index contributed by atoms with van der Waals surface area (Å²) < 4.78 is 0. The van der Waals surface area contributed by atoms with Crippen molar-refractivity contribution in [1.29, 1.82) is 0 Å². The predicted molar refractivity (Wildman–Crippen MR) is 78.7 cm³/mol. The first-order valence-corrected chi connectivity index (χ1v) is 6.75. The van der Waals surface area contributed by atoms with Crippen LogP contribution in [0.1, 0.15) is 32.6 Å². The largest absolute Gasteiger partial charge is 0.478 e. The lowest BCUT2D eigenvalue weighted by molar-refractivity contribution is -0.686. The van der Waals surface area contributed by atoms with Crippen LogP contribution in [0, 0.1) is 13.8 Å². The Balaban J connectivity index is 1.90. The Morgan fingerprint density at radius 1 is 0.950 bits per heavy atom. The average Bonchev–Trinajstić information content (AvgIpc) is 2.38. The van der Waals surface area contributed by atoms with Crippen molar-refractivity contribution < 1.29 is 15.2 Å². The van der Waals surface area contributed by atoms with Crippen molar-refractivity contribution in [3.63, 3.8) is 0 Å². The van der Waals surface area contributed by atoms with E-state index in [1.807, 2.05) is 12.1 Å². The van der Waals surface area contributed by atoms with Crippen molar-refractivity contribution in [1.82, 2.24) is 0 Å². The quantitative estimate of drug-likeness (QED) is 0.875. The Bertz CT molecular complexity index is 583. The third kappa shape index (κ3) is 3.93. The second-order valence-electron chi connectivity index (χ2n) is 5.19. The summed E-state index contributed by atoms with van der Waals surface area (Å²) in [4.78, 5) is 10.8. The van der Waals surface area contributed by atoms with Crippen molar-refractivity contribution in [3.8, 4) is 0 Å². The molecule has 0 fully saturated rings. The van der Waals surface area contributed by atoms with Gasteiger partial charge in [0, 0.05) is 11.1 Å². The van der Waals surface area contributed by atoms with E-state index in [0.717, 1.165) is 18.7 Å². The molecule has 2 aromatic carbocycles. The van der Waals surface area contributed by atoms with Gasteiger partial charge < -0.3 is 10.4 Å². The van der Waals surface area contributed by atoms with Crippen LogP contribution >= 0.6 is 0 Å². The Hall–Kier alpha value is -2.13. The third-order valence-corrected chi connectivity index (χ3v) is 3.24. The van der Waals surface area contributed by atoms with Gasteiger partial charge in [0.1, 0.15) is 13.1 Å². The molecule has 0 aliphatic heterocycles. The monoisotopic (exact) mass is 270 g/mol. The van der Waals surface area contributed by atoms with E-state index in [1.54, 1.807) is 12.1 Å². The predicted octanol–water partition coefficient (Wildman–Crippen LogP) is 2.27. The number of hydrogen-bond donors (Lipinski definition) is 2. The first-order valence-electron chi connectivity index (χ1n) is 6.75. The minimum atomic E-state index is -0.879. The fourth-order valence-electron chi connectivity index (χ4n) is 2.38. The average molecular weight is 270 g/mol. The molecule has 3 N–H and O–H groups in total. The second-order valence-corrected chi connectivity index (χ2v) is 5.19. The number of nitrogens with two attached hydrogens (primary N) is 1. The Labute approximate surface area is 119 Å². The number of aryl methyl sites for hydroxylation is 2. The van der Waals surface area contributed by atoms with Crippen LogP contribution < -0.4 is 5.32 Å². The summed E-state index contributed by atoms with van der Waals surface area (Å²) in [5.74, 6) is -0.879. The van der Waals surface area contributed by atoms with E-state index in [0.29, 0.717) is 5.56 Å². The van der Waals surface area contributed by atoms with E-state index in [2.05, 4.69) is 37.4 Å². The minimum Gasteiger partial charge on any atom is -0.478 e. The van der Waals surface area contributed by atoms with Crippen LogP contribution in [0.5, 0.6) is 0 Å². The lowest BCUT2D eigenvalue weighted by Crippen LogP contribution is -2.80. The molecule has 0 aromatic heterocycles. The Morgan fingerprint density at radius 3 is 2.05 bits per heavy atom. The van der Waals surface area contributed by atoms with Crippen LogP contribution in [0.15, 0.2) is 42.5 Å². The number of carboxylic acids is 1. The number of benzene rings is 2. The number of quaternary nitrogens is 1. The van der Waals surface area contributed by atoms with Gasteiger partial charge in [-0.3, -0.25) is 0 Å². The van der Waals surface area contributed by atoms with Crippen molar-refractivity contribution in [2.24, 2.45) is 0 Å². The maximum atomic E-state index is 10.8. The molecular formula is C17H20NO2+. The first-order chi connectivity index (χ1) is 9.54. The number of hydrogen-bond acceptors (Lipinski definition) is 1. The first kappa shape index (κ1) is 14.3. The zero-order valence-corrected chi connectivity index (χ0v) is 11.9. The van der Waals surface area contributed by atoms with Gasteiger partial charge in [-0.1, -0.05) is 41.5 Å². The van der Waals surface area contributed by atoms with E-state index in [4.69, 9.17) is 5.11 Å². The van der Waals surface area contributed by atoms with Crippen LogP contribution in [0.4, 0.5) is 0 Å². The molecule has 0 unspecified atom stereocenters. The minimum absolute atomic E-state index is 0.336. The molecule has 3 heteroatoms. The van der Waals surface area contributed by atoms with Gasteiger partial charge in [0.15, 0.2) is 0 Å². The lowest BCUT2D eigenvalue weighted by atomic mass is 10.1. The van der Waals surface area contributed by atoms with Crippen LogP contribution in [0.3, 0.4) is 0 Å². The number of aromatic carboxylic acids is 1. The summed E-state index contributed by atoms with van der Waals surface area (Å²) in [5.41, 5.74) is 5.38. The molecule has 2 rings (SSSR count). The normalized spacial score (nSPS) is 10.5. The molecule has 0 heterocycles. The van der Waals surface area contributed by atoms with Crippen LogP contribution in [0.25, 0.3) is 0 Å². The van der Waals surface area contributed by atoms with E-state index in [9.17, 15) is 4.79 Å². The van der Waals surface area contributed by atoms with Crippen LogP contribution in [0.2, 0.25) is 0 Å².